The second-order valence-electron chi connectivity index (χ2n) is 4.66. The van der Waals surface area contributed by atoms with Crippen LogP contribution in [0.15, 0.2) is 24.3 Å². The molecule has 0 spiro atoms. The van der Waals surface area contributed by atoms with Crippen LogP contribution in [0, 0.1) is 0 Å². The minimum absolute atomic E-state index is 0.164. The summed E-state index contributed by atoms with van der Waals surface area (Å²) in [7, 11) is 0. The quantitative estimate of drug-likeness (QED) is 0.809. The Labute approximate surface area is 118 Å². The summed E-state index contributed by atoms with van der Waals surface area (Å²) in [5.41, 5.74) is -0.187. The van der Waals surface area contributed by atoms with Crippen LogP contribution in [-0.4, -0.2) is 34.9 Å². The first-order valence-corrected chi connectivity index (χ1v) is 6.72. The number of aliphatic hydroxyl groups is 1. The highest BCUT2D eigenvalue weighted by Crippen LogP contribution is 2.24. The Morgan fingerprint density at radius 3 is 2.47 bits per heavy atom. The van der Waals surface area contributed by atoms with E-state index in [9.17, 15) is 9.90 Å². The zero-order chi connectivity index (χ0) is 14.5. The number of anilines is 1. The smallest absolute Gasteiger partial charge is 0.323 e. The molecule has 0 aliphatic rings. The monoisotopic (exact) mass is 285 g/mol. The molecular formula is C14H20ClNO3. The second kappa shape index (κ2) is 6.78. The van der Waals surface area contributed by atoms with Crippen molar-refractivity contribution in [3.05, 3.63) is 29.3 Å². The van der Waals surface area contributed by atoms with E-state index in [0.717, 1.165) is 0 Å². The lowest BCUT2D eigenvalue weighted by Gasteiger charge is -2.33. The molecule has 0 saturated carbocycles. The molecule has 0 fully saturated rings. The molecule has 0 amide bonds. The average molecular weight is 286 g/mol. The van der Waals surface area contributed by atoms with Crippen molar-refractivity contribution in [3.8, 4) is 0 Å². The maximum Gasteiger partial charge on any atom is 0.323 e. The van der Waals surface area contributed by atoms with E-state index in [0.29, 0.717) is 23.6 Å². The van der Waals surface area contributed by atoms with E-state index in [1.807, 2.05) is 13.8 Å². The highest BCUT2D eigenvalue weighted by atomic mass is 35.5. The lowest BCUT2D eigenvalue weighted by atomic mass is 9.96. The number of carboxylic acids is 1. The molecule has 2 N–H and O–H groups in total. The van der Waals surface area contributed by atoms with Crippen LogP contribution in [0.25, 0.3) is 0 Å². The van der Waals surface area contributed by atoms with Gasteiger partial charge in [0.15, 0.2) is 0 Å². The Kier molecular flexibility index (Phi) is 5.63. The topological polar surface area (TPSA) is 60.8 Å². The number of aliphatic carboxylic acids is 1. The number of hydrogen-bond acceptors (Lipinski definition) is 3. The Morgan fingerprint density at radius 2 is 2.00 bits per heavy atom. The number of carboxylic acid groups (broad SMARTS) is 1. The third-order valence-corrected chi connectivity index (χ3v) is 3.54. The van der Waals surface area contributed by atoms with Gasteiger partial charge in [-0.1, -0.05) is 31.5 Å². The van der Waals surface area contributed by atoms with Crippen molar-refractivity contribution in [2.45, 2.75) is 32.3 Å². The summed E-state index contributed by atoms with van der Waals surface area (Å²) in [5.74, 6) is -0.936. The Hall–Kier alpha value is -1.26. The van der Waals surface area contributed by atoms with Crippen LogP contribution >= 0.6 is 11.6 Å². The van der Waals surface area contributed by atoms with E-state index in [-0.39, 0.29) is 13.1 Å². The number of nitrogens with zero attached hydrogens (tertiary/aromatic N) is 1. The van der Waals surface area contributed by atoms with Crippen molar-refractivity contribution in [1.82, 2.24) is 0 Å². The van der Waals surface area contributed by atoms with E-state index in [1.54, 1.807) is 29.2 Å². The third kappa shape index (κ3) is 4.73. The van der Waals surface area contributed by atoms with Gasteiger partial charge in [0.05, 0.1) is 5.60 Å². The molecule has 0 heterocycles. The maximum atomic E-state index is 11.0. The third-order valence-electron chi connectivity index (χ3n) is 3.30. The van der Waals surface area contributed by atoms with Crippen molar-refractivity contribution >= 4 is 23.3 Å². The maximum absolute atomic E-state index is 11.0. The van der Waals surface area contributed by atoms with Crippen LogP contribution in [0.1, 0.15) is 26.7 Å². The summed E-state index contributed by atoms with van der Waals surface area (Å²) >= 11 is 5.93. The largest absolute Gasteiger partial charge is 0.480 e. The van der Waals surface area contributed by atoms with Crippen LogP contribution in [0.2, 0.25) is 5.02 Å². The fourth-order valence-electron chi connectivity index (χ4n) is 1.90. The van der Waals surface area contributed by atoms with Crippen LogP contribution in [-0.2, 0) is 4.79 Å². The Morgan fingerprint density at radius 1 is 1.37 bits per heavy atom. The lowest BCUT2D eigenvalue weighted by Crippen LogP contribution is -2.44. The lowest BCUT2D eigenvalue weighted by molar-refractivity contribution is -0.135. The Bertz CT molecular complexity index is 432. The SMILES string of the molecule is CCC(O)(CC)CN(CC(=O)O)c1cccc(Cl)c1. The molecule has 0 radical (unpaired) electrons. The zero-order valence-electron chi connectivity index (χ0n) is 11.3. The van der Waals surface area contributed by atoms with Gasteiger partial charge in [-0.25, -0.2) is 0 Å². The highest BCUT2D eigenvalue weighted by molar-refractivity contribution is 6.30. The van der Waals surface area contributed by atoms with E-state index in [2.05, 4.69) is 0 Å². The number of halogens is 1. The molecule has 4 nitrogen and oxygen atoms in total. The first-order chi connectivity index (χ1) is 8.90. The van der Waals surface area contributed by atoms with Crippen molar-refractivity contribution in [2.24, 2.45) is 0 Å². The molecular weight excluding hydrogens is 266 g/mol. The van der Waals surface area contributed by atoms with Gasteiger partial charge >= 0.3 is 5.97 Å². The summed E-state index contributed by atoms with van der Waals surface area (Å²) in [6.45, 7) is 3.89. The van der Waals surface area contributed by atoms with Crippen LogP contribution in [0.3, 0.4) is 0 Å². The number of rotatable bonds is 7. The predicted molar refractivity (Wildman–Crippen MR) is 76.8 cm³/mol. The highest BCUT2D eigenvalue weighted by Gasteiger charge is 2.27. The summed E-state index contributed by atoms with van der Waals surface area (Å²) < 4.78 is 0. The van der Waals surface area contributed by atoms with E-state index < -0.39 is 11.6 Å². The fourth-order valence-corrected chi connectivity index (χ4v) is 2.09. The average Bonchev–Trinajstić information content (AvgIpc) is 2.37. The fraction of sp³-hybridized carbons (Fsp3) is 0.500. The van der Waals surface area contributed by atoms with E-state index in [1.165, 1.54) is 0 Å². The minimum atomic E-state index is -0.936. The van der Waals surface area contributed by atoms with Gasteiger partial charge < -0.3 is 15.1 Å². The first-order valence-electron chi connectivity index (χ1n) is 6.35. The standard InChI is InChI=1S/C14H20ClNO3/c1-3-14(19,4-2)10-16(9-13(17)18)12-7-5-6-11(15)8-12/h5-8,19H,3-4,9-10H2,1-2H3,(H,17,18). The minimum Gasteiger partial charge on any atom is -0.480 e. The molecule has 0 unspecified atom stereocenters. The molecule has 1 aromatic rings. The molecule has 0 aliphatic carbocycles. The van der Waals surface area contributed by atoms with Crippen molar-refractivity contribution < 1.29 is 15.0 Å². The zero-order valence-corrected chi connectivity index (χ0v) is 12.0. The van der Waals surface area contributed by atoms with Gasteiger partial charge in [-0.2, -0.15) is 0 Å². The van der Waals surface area contributed by atoms with E-state index in [4.69, 9.17) is 16.7 Å². The van der Waals surface area contributed by atoms with Crippen molar-refractivity contribution in [1.29, 1.82) is 0 Å². The van der Waals surface area contributed by atoms with Gasteiger partial charge in [-0.15, -0.1) is 0 Å². The summed E-state index contributed by atoms with van der Waals surface area (Å²) in [6, 6.07) is 7.00. The molecule has 0 atom stereocenters. The van der Waals surface area contributed by atoms with Crippen LogP contribution < -0.4 is 4.90 Å². The summed E-state index contributed by atoms with van der Waals surface area (Å²) in [4.78, 5) is 12.6. The molecule has 0 saturated heterocycles. The summed E-state index contributed by atoms with van der Waals surface area (Å²) in [5, 5.41) is 19.9. The van der Waals surface area contributed by atoms with Crippen LogP contribution in [0.4, 0.5) is 5.69 Å². The van der Waals surface area contributed by atoms with Gasteiger partial charge in [0.2, 0.25) is 0 Å². The number of benzene rings is 1. The molecule has 106 valence electrons. The van der Waals surface area contributed by atoms with E-state index >= 15 is 0 Å². The van der Waals surface area contributed by atoms with Crippen LogP contribution in [0.5, 0.6) is 0 Å². The number of carbonyl (C=O) groups is 1. The predicted octanol–water partition coefficient (Wildman–Crippen LogP) is 2.78. The molecule has 1 rings (SSSR count). The molecule has 0 bridgehead atoms. The molecule has 1 aromatic carbocycles. The Balaban J connectivity index is 2.98. The molecule has 19 heavy (non-hydrogen) atoms. The van der Waals surface area contributed by atoms with Gasteiger partial charge in [-0.3, -0.25) is 4.79 Å². The van der Waals surface area contributed by atoms with Gasteiger partial charge in [0.1, 0.15) is 6.54 Å². The van der Waals surface area contributed by atoms with Gasteiger partial charge in [0.25, 0.3) is 0 Å². The summed E-state index contributed by atoms with van der Waals surface area (Å²) in [6.07, 6.45) is 1.14. The van der Waals surface area contributed by atoms with Gasteiger partial charge in [0, 0.05) is 17.3 Å². The van der Waals surface area contributed by atoms with Crippen molar-refractivity contribution in [2.75, 3.05) is 18.0 Å². The van der Waals surface area contributed by atoms with Crippen molar-refractivity contribution in [3.63, 3.8) is 0 Å². The first kappa shape index (κ1) is 15.8. The second-order valence-corrected chi connectivity index (χ2v) is 5.10. The number of hydrogen-bond donors (Lipinski definition) is 2. The molecule has 0 aliphatic heterocycles. The normalized spacial score (nSPS) is 11.4. The van der Waals surface area contributed by atoms with Gasteiger partial charge in [-0.05, 0) is 31.0 Å². The molecule has 0 aromatic heterocycles. The molecule has 5 heteroatoms.